The predicted molar refractivity (Wildman–Crippen MR) is 42.0 cm³/mol. The summed E-state index contributed by atoms with van der Waals surface area (Å²) in [6.45, 7) is 0. The van der Waals surface area contributed by atoms with E-state index in [0.717, 1.165) is 11.8 Å². The van der Waals surface area contributed by atoms with Gasteiger partial charge in [0.1, 0.15) is 5.78 Å². The van der Waals surface area contributed by atoms with E-state index in [1.54, 1.807) is 0 Å². The Bertz CT molecular complexity index is 219. The summed E-state index contributed by atoms with van der Waals surface area (Å²) in [6, 6.07) is 0. The molecule has 58 valence electrons. The third-order valence-corrected chi connectivity index (χ3v) is 3.73. The maximum atomic E-state index is 11.5. The predicted octanol–water partition coefficient (Wildman–Crippen LogP) is 1.79. The van der Waals surface area contributed by atoms with Crippen molar-refractivity contribution in [1.29, 1.82) is 0 Å². The molecule has 0 aromatic carbocycles. The van der Waals surface area contributed by atoms with Gasteiger partial charge >= 0.3 is 0 Å². The van der Waals surface area contributed by atoms with E-state index >= 15 is 0 Å². The SMILES string of the molecule is O=C1[C@H]2C=C[C@@H]1[C@@H]1CCC[C@@H]12. The van der Waals surface area contributed by atoms with Gasteiger partial charge in [0.2, 0.25) is 0 Å². The molecule has 1 nitrogen and oxygen atoms in total. The number of carbonyl (C=O) groups excluding carboxylic acids is 1. The van der Waals surface area contributed by atoms with Crippen LogP contribution in [-0.4, -0.2) is 5.78 Å². The number of hydrogen-bond acceptors (Lipinski definition) is 1. The van der Waals surface area contributed by atoms with E-state index in [0.29, 0.717) is 17.6 Å². The van der Waals surface area contributed by atoms with Crippen LogP contribution in [0.5, 0.6) is 0 Å². The summed E-state index contributed by atoms with van der Waals surface area (Å²) in [5.74, 6) is 2.70. The minimum Gasteiger partial charge on any atom is -0.298 e. The first-order valence-electron chi connectivity index (χ1n) is 4.60. The zero-order valence-corrected chi connectivity index (χ0v) is 6.49. The molecule has 4 atom stereocenters. The lowest BCUT2D eigenvalue weighted by Crippen LogP contribution is -2.12. The smallest absolute Gasteiger partial charge is 0.147 e. The van der Waals surface area contributed by atoms with Gasteiger partial charge in [-0.2, -0.15) is 0 Å². The molecule has 1 heteroatoms. The van der Waals surface area contributed by atoms with Crippen molar-refractivity contribution in [3.8, 4) is 0 Å². The molecule has 0 amide bonds. The van der Waals surface area contributed by atoms with Crippen molar-refractivity contribution >= 4 is 5.78 Å². The monoisotopic (exact) mass is 148 g/mol. The fourth-order valence-electron chi connectivity index (χ4n) is 3.27. The van der Waals surface area contributed by atoms with Gasteiger partial charge in [0.05, 0.1) is 0 Å². The van der Waals surface area contributed by atoms with Crippen LogP contribution in [0.1, 0.15) is 19.3 Å². The molecule has 3 aliphatic rings. The largest absolute Gasteiger partial charge is 0.298 e. The minimum absolute atomic E-state index is 0.340. The highest BCUT2D eigenvalue weighted by Crippen LogP contribution is 2.53. The van der Waals surface area contributed by atoms with Crippen LogP contribution in [0.2, 0.25) is 0 Å². The van der Waals surface area contributed by atoms with Crippen LogP contribution in [0.3, 0.4) is 0 Å². The van der Waals surface area contributed by atoms with Crippen LogP contribution in [0.4, 0.5) is 0 Å². The normalized spacial score (nSPS) is 52.2. The quantitative estimate of drug-likeness (QED) is 0.479. The molecule has 0 unspecified atom stereocenters. The molecule has 0 radical (unpaired) electrons. The topological polar surface area (TPSA) is 17.1 Å². The molecule has 0 aromatic rings. The molecule has 0 aromatic heterocycles. The molecule has 2 bridgehead atoms. The molecule has 0 aliphatic heterocycles. The second kappa shape index (κ2) is 1.77. The Balaban J connectivity index is 2.05. The number of carbonyl (C=O) groups is 1. The van der Waals surface area contributed by atoms with E-state index in [2.05, 4.69) is 12.2 Å². The molecule has 3 aliphatic carbocycles. The summed E-state index contributed by atoms with van der Waals surface area (Å²) in [7, 11) is 0. The zero-order valence-electron chi connectivity index (χ0n) is 6.49. The van der Waals surface area contributed by atoms with Crippen LogP contribution in [0.15, 0.2) is 12.2 Å². The van der Waals surface area contributed by atoms with Crippen molar-refractivity contribution in [1.82, 2.24) is 0 Å². The van der Waals surface area contributed by atoms with Gasteiger partial charge in [0.15, 0.2) is 0 Å². The third-order valence-electron chi connectivity index (χ3n) is 3.73. The van der Waals surface area contributed by atoms with E-state index in [1.807, 2.05) is 0 Å². The molecular weight excluding hydrogens is 136 g/mol. The summed E-state index contributed by atoms with van der Waals surface area (Å²) in [6.07, 6.45) is 8.28. The number of hydrogen-bond donors (Lipinski definition) is 0. The summed E-state index contributed by atoms with van der Waals surface area (Å²) in [4.78, 5) is 11.5. The highest BCUT2D eigenvalue weighted by Gasteiger charge is 2.52. The van der Waals surface area contributed by atoms with Crippen molar-refractivity contribution in [2.24, 2.45) is 23.7 Å². The Labute approximate surface area is 66.5 Å². The molecule has 0 N–H and O–H groups in total. The minimum atomic E-state index is 0.340. The lowest BCUT2D eigenvalue weighted by molar-refractivity contribution is -0.121. The highest BCUT2D eigenvalue weighted by molar-refractivity contribution is 5.92. The molecule has 0 heterocycles. The van der Waals surface area contributed by atoms with Gasteiger partial charge in [-0.05, 0) is 24.7 Å². The van der Waals surface area contributed by atoms with Gasteiger partial charge in [-0.25, -0.2) is 0 Å². The van der Waals surface area contributed by atoms with Gasteiger partial charge in [-0.3, -0.25) is 4.79 Å². The van der Waals surface area contributed by atoms with E-state index in [1.165, 1.54) is 19.3 Å². The van der Waals surface area contributed by atoms with Gasteiger partial charge in [-0.15, -0.1) is 0 Å². The van der Waals surface area contributed by atoms with Gasteiger partial charge in [0, 0.05) is 11.8 Å². The maximum absolute atomic E-state index is 11.5. The molecule has 11 heavy (non-hydrogen) atoms. The molecule has 0 saturated heterocycles. The second-order valence-corrected chi connectivity index (χ2v) is 4.10. The summed E-state index contributed by atoms with van der Waals surface area (Å²) < 4.78 is 0. The lowest BCUT2D eigenvalue weighted by atomic mass is 9.86. The first kappa shape index (κ1) is 5.99. The Morgan fingerprint density at radius 1 is 1.09 bits per heavy atom. The van der Waals surface area contributed by atoms with Crippen LogP contribution in [-0.2, 0) is 4.79 Å². The number of Topliss-reactive ketones (excluding diaryl/α,β-unsaturated/α-hetero) is 1. The van der Waals surface area contributed by atoms with Crippen LogP contribution >= 0.6 is 0 Å². The average Bonchev–Trinajstić information content (AvgIpc) is 2.61. The summed E-state index contributed by atoms with van der Waals surface area (Å²) in [5, 5.41) is 0. The maximum Gasteiger partial charge on any atom is 0.147 e. The standard InChI is InChI=1S/C10H12O/c11-10-8-4-5-9(10)7-3-1-2-6(7)8/h4-9H,1-3H2/t6-,7+,8-,9+. The third kappa shape index (κ3) is 0.559. The summed E-state index contributed by atoms with van der Waals surface area (Å²) >= 11 is 0. The van der Waals surface area contributed by atoms with Gasteiger partial charge < -0.3 is 0 Å². The van der Waals surface area contributed by atoms with Crippen molar-refractivity contribution in [2.45, 2.75) is 19.3 Å². The Morgan fingerprint density at radius 3 is 2.18 bits per heavy atom. The molecule has 3 rings (SSSR count). The molecule has 2 saturated carbocycles. The van der Waals surface area contributed by atoms with Crippen LogP contribution in [0, 0.1) is 23.7 Å². The van der Waals surface area contributed by atoms with Crippen molar-refractivity contribution in [2.75, 3.05) is 0 Å². The summed E-state index contributed by atoms with van der Waals surface area (Å²) in [5.41, 5.74) is 0. The van der Waals surface area contributed by atoms with E-state index in [9.17, 15) is 4.79 Å². The second-order valence-electron chi connectivity index (χ2n) is 4.10. The first-order valence-corrected chi connectivity index (χ1v) is 4.60. The van der Waals surface area contributed by atoms with Crippen molar-refractivity contribution in [3.63, 3.8) is 0 Å². The van der Waals surface area contributed by atoms with Crippen LogP contribution in [0.25, 0.3) is 0 Å². The average molecular weight is 148 g/mol. The number of fused-ring (bicyclic) bond motifs is 5. The van der Waals surface area contributed by atoms with E-state index in [4.69, 9.17) is 0 Å². The number of ketones is 1. The Kier molecular flexibility index (Phi) is 0.961. The Hall–Kier alpha value is -0.590. The first-order chi connectivity index (χ1) is 5.38. The number of allylic oxidation sites excluding steroid dienone is 2. The highest BCUT2D eigenvalue weighted by atomic mass is 16.1. The molecular formula is C10H12O. The van der Waals surface area contributed by atoms with Crippen molar-refractivity contribution < 1.29 is 4.79 Å². The van der Waals surface area contributed by atoms with Crippen LogP contribution < -0.4 is 0 Å². The van der Waals surface area contributed by atoms with Gasteiger partial charge in [0.25, 0.3) is 0 Å². The Morgan fingerprint density at radius 2 is 1.64 bits per heavy atom. The lowest BCUT2D eigenvalue weighted by Gasteiger charge is -2.17. The number of rotatable bonds is 0. The van der Waals surface area contributed by atoms with Gasteiger partial charge in [-0.1, -0.05) is 18.6 Å². The molecule has 0 spiro atoms. The van der Waals surface area contributed by atoms with E-state index < -0.39 is 0 Å². The zero-order chi connectivity index (χ0) is 7.42. The van der Waals surface area contributed by atoms with Crippen molar-refractivity contribution in [3.05, 3.63) is 12.2 Å². The molecule has 2 fully saturated rings. The van der Waals surface area contributed by atoms with E-state index in [-0.39, 0.29) is 0 Å². The fourth-order valence-corrected chi connectivity index (χ4v) is 3.27. The fraction of sp³-hybridized carbons (Fsp3) is 0.700.